The van der Waals surface area contributed by atoms with Crippen molar-refractivity contribution in [2.75, 3.05) is 24.9 Å². The quantitative estimate of drug-likeness (QED) is 0.274. The van der Waals surface area contributed by atoms with E-state index < -0.39 is 28.7 Å². The third-order valence-corrected chi connectivity index (χ3v) is 10.2. The van der Waals surface area contributed by atoms with E-state index in [1.54, 1.807) is 48.5 Å². The Bertz CT molecular complexity index is 1480. The zero-order chi connectivity index (χ0) is 31.0. The Morgan fingerprint density at radius 3 is 2.09 bits per heavy atom. The number of hydrogen-bond donors (Lipinski definition) is 1. The molecule has 8 nitrogen and oxygen atoms in total. The molecule has 0 saturated heterocycles. The molecule has 2 amide bonds. The van der Waals surface area contributed by atoms with Gasteiger partial charge in [0.1, 0.15) is 12.6 Å². The summed E-state index contributed by atoms with van der Waals surface area (Å²) >= 11 is 12.5. The molecule has 0 heterocycles. The zero-order valence-corrected chi connectivity index (χ0v) is 26.8. The van der Waals surface area contributed by atoms with Gasteiger partial charge in [-0.2, -0.15) is 12.7 Å². The van der Waals surface area contributed by atoms with Crippen molar-refractivity contribution in [3.63, 3.8) is 0 Å². The normalized spacial score (nSPS) is 14.7. The molecule has 4 rings (SSSR count). The van der Waals surface area contributed by atoms with E-state index in [0.717, 1.165) is 46.3 Å². The lowest BCUT2D eigenvalue weighted by Crippen LogP contribution is -2.55. The van der Waals surface area contributed by atoms with Crippen molar-refractivity contribution < 1.29 is 18.0 Å². The first-order chi connectivity index (χ1) is 20.6. The number of anilines is 1. The molecule has 1 aliphatic rings. The van der Waals surface area contributed by atoms with Crippen LogP contribution in [0, 0.1) is 0 Å². The van der Waals surface area contributed by atoms with Gasteiger partial charge in [-0.3, -0.25) is 9.59 Å². The molecular weight excluding hydrogens is 607 g/mol. The van der Waals surface area contributed by atoms with Gasteiger partial charge in [-0.15, -0.1) is 0 Å². The molecule has 43 heavy (non-hydrogen) atoms. The summed E-state index contributed by atoms with van der Waals surface area (Å²) in [6.45, 7) is -0.482. The Morgan fingerprint density at radius 1 is 0.860 bits per heavy atom. The fraction of sp³-hybridized carbons (Fsp3) is 0.375. The Morgan fingerprint density at radius 2 is 1.49 bits per heavy atom. The summed E-state index contributed by atoms with van der Waals surface area (Å²) in [6, 6.07) is 22.1. The molecule has 0 aliphatic heterocycles. The standard InChI is InChI=1S/C32H38Cl2N4O4S/c1-36(2)43(41,42)38(27-16-10-5-11-17-27)23-31(39)37(22-25-18-19-28(33)29(34)20-25)30(21-24-12-6-3-7-13-24)32(40)35-26-14-8-4-9-15-26/h3,5-7,10-13,16-20,26,30H,4,8-9,14-15,21-23H2,1-2H3,(H,35,40). The highest BCUT2D eigenvalue weighted by Crippen LogP contribution is 2.26. The summed E-state index contributed by atoms with van der Waals surface area (Å²) in [5.41, 5.74) is 1.87. The number of para-hydroxylation sites is 1. The van der Waals surface area contributed by atoms with Crippen LogP contribution < -0.4 is 9.62 Å². The minimum atomic E-state index is -4.05. The van der Waals surface area contributed by atoms with Gasteiger partial charge in [0.15, 0.2) is 0 Å². The number of halogens is 2. The SMILES string of the molecule is CN(C)S(=O)(=O)N(CC(=O)N(Cc1ccc(Cl)c(Cl)c1)C(Cc1ccccc1)C(=O)NC1CCCCC1)c1ccccc1. The highest BCUT2D eigenvalue weighted by Gasteiger charge is 2.35. The van der Waals surface area contributed by atoms with E-state index in [-0.39, 0.29) is 24.9 Å². The number of rotatable bonds is 12. The lowest BCUT2D eigenvalue weighted by molar-refractivity contribution is -0.140. The predicted octanol–water partition coefficient (Wildman–Crippen LogP) is 5.70. The summed E-state index contributed by atoms with van der Waals surface area (Å²) in [7, 11) is -1.22. The van der Waals surface area contributed by atoms with E-state index >= 15 is 0 Å². The Kier molecular flexibility index (Phi) is 11.5. The first kappa shape index (κ1) is 32.8. The fourth-order valence-electron chi connectivity index (χ4n) is 5.24. The van der Waals surface area contributed by atoms with Crippen molar-refractivity contribution >= 4 is 50.9 Å². The zero-order valence-electron chi connectivity index (χ0n) is 24.5. The Hall–Kier alpha value is -3.11. The van der Waals surface area contributed by atoms with Gasteiger partial charge >= 0.3 is 10.2 Å². The van der Waals surface area contributed by atoms with E-state index in [1.807, 2.05) is 30.3 Å². The van der Waals surface area contributed by atoms with Gasteiger partial charge in [-0.25, -0.2) is 4.31 Å². The smallest absolute Gasteiger partial charge is 0.304 e. The van der Waals surface area contributed by atoms with Gasteiger partial charge in [0.2, 0.25) is 11.8 Å². The highest BCUT2D eigenvalue weighted by molar-refractivity contribution is 7.90. The average molecular weight is 646 g/mol. The first-order valence-corrected chi connectivity index (χ1v) is 16.5. The minimum Gasteiger partial charge on any atom is -0.352 e. The third-order valence-electron chi connectivity index (χ3n) is 7.62. The monoisotopic (exact) mass is 644 g/mol. The molecule has 11 heteroatoms. The molecule has 230 valence electrons. The van der Waals surface area contributed by atoms with Gasteiger partial charge < -0.3 is 10.2 Å². The molecule has 1 unspecified atom stereocenters. The predicted molar refractivity (Wildman–Crippen MR) is 172 cm³/mol. The van der Waals surface area contributed by atoms with Crippen LogP contribution in [-0.4, -0.2) is 62.2 Å². The van der Waals surface area contributed by atoms with Crippen LogP contribution in [0.4, 0.5) is 5.69 Å². The second kappa shape index (κ2) is 15.1. The van der Waals surface area contributed by atoms with E-state index in [2.05, 4.69) is 5.32 Å². The van der Waals surface area contributed by atoms with Crippen molar-refractivity contribution in [3.05, 3.63) is 100 Å². The maximum Gasteiger partial charge on any atom is 0.304 e. The Labute approximate surface area is 264 Å². The van der Waals surface area contributed by atoms with Crippen molar-refractivity contribution in [1.29, 1.82) is 0 Å². The molecule has 0 radical (unpaired) electrons. The number of carbonyl (C=O) groups excluding carboxylic acids is 2. The molecule has 0 aromatic heterocycles. The molecule has 0 spiro atoms. The van der Waals surface area contributed by atoms with Gasteiger partial charge in [-0.1, -0.05) is 97.1 Å². The second-order valence-electron chi connectivity index (χ2n) is 11.0. The van der Waals surface area contributed by atoms with Crippen LogP contribution in [0.1, 0.15) is 43.2 Å². The van der Waals surface area contributed by atoms with Crippen molar-refractivity contribution in [3.8, 4) is 0 Å². The topological polar surface area (TPSA) is 90.0 Å². The highest BCUT2D eigenvalue weighted by atomic mass is 35.5. The summed E-state index contributed by atoms with van der Waals surface area (Å²) in [5, 5.41) is 3.88. The van der Waals surface area contributed by atoms with Gasteiger partial charge in [0, 0.05) is 33.1 Å². The number of carbonyl (C=O) groups is 2. The van der Waals surface area contributed by atoms with Crippen LogP contribution >= 0.6 is 23.2 Å². The molecule has 1 aliphatic carbocycles. The lowest BCUT2D eigenvalue weighted by atomic mass is 9.94. The molecule has 3 aromatic carbocycles. The van der Waals surface area contributed by atoms with E-state index in [4.69, 9.17) is 23.2 Å². The first-order valence-electron chi connectivity index (χ1n) is 14.4. The summed E-state index contributed by atoms with van der Waals surface area (Å²) in [5.74, 6) is -0.800. The molecule has 0 bridgehead atoms. The van der Waals surface area contributed by atoms with Crippen LogP contribution in [0.15, 0.2) is 78.9 Å². The molecular formula is C32H38Cl2N4O4S. The number of nitrogens with one attached hydrogen (secondary N) is 1. The largest absolute Gasteiger partial charge is 0.352 e. The number of amides is 2. The summed E-state index contributed by atoms with van der Waals surface area (Å²) in [4.78, 5) is 29.8. The number of hydrogen-bond acceptors (Lipinski definition) is 4. The molecule has 3 aromatic rings. The summed E-state index contributed by atoms with van der Waals surface area (Å²) in [6.07, 6.45) is 5.22. The Balaban J connectivity index is 1.75. The third kappa shape index (κ3) is 8.72. The van der Waals surface area contributed by atoms with Crippen LogP contribution in [0.3, 0.4) is 0 Å². The van der Waals surface area contributed by atoms with Crippen LogP contribution in [0.25, 0.3) is 0 Å². The van der Waals surface area contributed by atoms with Crippen molar-refractivity contribution in [2.45, 2.75) is 57.2 Å². The van der Waals surface area contributed by atoms with Crippen molar-refractivity contribution in [1.82, 2.24) is 14.5 Å². The fourth-order valence-corrected chi connectivity index (χ4v) is 6.62. The minimum absolute atomic E-state index is 0.0238. The number of nitrogens with zero attached hydrogens (tertiary/aromatic N) is 3. The van der Waals surface area contributed by atoms with Gasteiger partial charge in [0.25, 0.3) is 0 Å². The molecule has 1 fully saturated rings. The molecule has 1 N–H and O–H groups in total. The van der Waals surface area contributed by atoms with E-state index in [0.29, 0.717) is 21.3 Å². The number of benzene rings is 3. The maximum atomic E-state index is 14.3. The van der Waals surface area contributed by atoms with Gasteiger partial charge in [0.05, 0.1) is 15.7 Å². The second-order valence-corrected chi connectivity index (χ2v) is 13.8. The van der Waals surface area contributed by atoms with E-state index in [9.17, 15) is 18.0 Å². The molecule has 1 saturated carbocycles. The average Bonchev–Trinajstić information content (AvgIpc) is 3.00. The summed E-state index contributed by atoms with van der Waals surface area (Å²) < 4.78 is 29.0. The molecule has 1 atom stereocenters. The van der Waals surface area contributed by atoms with Crippen LogP contribution in [0.5, 0.6) is 0 Å². The van der Waals surface area contributed by atoms with Crippen molar-refractivity contribution in [2.24, 2.45) is 0 Å². The van der Waals surface area contributed by atoms with Crippen LogP contribution in [-0.2, 0) is 32.8 Å². The van der Waals surface area contributed by atoms with Gasteiger partial charge in [-0.05, 0) is 48.2 Å². The lowest BCUT2D eigenvalue weighted by Gasteiger charge is -2.35. The van der Waals surface area contributed by atoms with Crippen LogP contribution in [0.2, 0.25) is 10.0 Å². The van der Waals surface area contributed by atoms with E-state index in [1.165, 1.54) is 19.0 Å². The maximum absolute atomic E-state index is 14.3.